The first-order valence-electron chi connectivity index (χ1n) is 6.17. The van der Waals surface area contributed by atoms with Crippen LogP contribution < -0.4 is 0 Å². The van der Waals surface area contributed by atoms with Crippen LogP contribution in [0.2, 0.25) is 0 Å². The Kier molecular flexibility index (Phi) is 3.96. The van der Waals surface area contributed by atoms with E-state index in [0.717, 1.165) is 22.8 Å². The van der Waals surface area contributed by atoms with E-state index >= 15 is 0 Å². The average molecular weight is 262 g/mol. The van der Waals surface area contributed by atoms with Gasteiger partial charge >= 0.3 is 0 Å². The summed E-state index contributed by atoms with van der Waals surface area (Å²) in [7, 11) is 0. The van der Waals surface area contributed by atoms with Crippen molar-refractivity contribution in [3.05, 3.63) is 70.3 Å². The van der Waals surface area contributed by atoms with E-state index in [2.05, 4.69) is 0 Å². The van der Waals surface area contributed by atoms with Crippen molar-refractivity contribution in [3.8, 4) is 0 Å². The third-order valence-electron chi connectivity index (χ3n) is 3.45. The molecule has 1 nitrogen and oxygen atoms in total. The number of aryl methyl sites for hydroxylation is 1. The summed E-state index contributed by atoms with van der Waals surface area (Å²) < 4.78 is 26.7. The van der Waals surface area contributed by atoms with Crippen LogP contribution in [0.3, 0.4) is 0 Å². The van der Waals surface area contributed by atoms with Crippen molar-refractivity contribution in [2.24, 2.45) is 0 Å². The van der Waals surface area contributed by atoms with Gasteiger partial charge in [0.2, 0.25) is 0 Å². The highest BCUT2D eigenvalue weighted by Gasteiger charge is 2.16. The molecule has 0 saturated heterocycles. The molecule has 0 aliphatic carbocycles. The van der Waals surface area contributed by atoms with Crippen LogP contribution in [0.15, 0.2) is 36.4 Å². The number of aliphatic hydroxyl groups is 1. The second-order valence-corrected chi connectivity index (χ2v) is 4.72. The van der Waals surface area contributed by atoms with Crippen LogP contribution in [-0.4, -0.2) is 5.11 Å². The Morgan fingerprint density at radius 2 is 1.74 bits per heavy atom. The van der Waals surface area contributed by atoms with Crippen molar-refractivity contribution in [3.63, 3.8) is 0 Å². The van der Waals surface area contributed by atoms with Gasteiger partial charge in [-0.05, 0) is 42.2 Å². The summed E-state index contributed by atoms with van der Waals surface area (Å²) in [6, 6.07) is 9.63. The van der Waals surface area contributed by atoms with Gasteiger partial charge in [-0.25, -0.2) is 8.78 Å². The molecule has 0 spiro atoms. The zero-order valence-corrected chi connectivity index (χ0v) is 11.0. The zero-order chi connectivity index (χ0) is 14.0. The van der Waals surface area contributed by atoms with Gasteiger partial charge in [0.15, 0.2) is 11.6 Å². The highest BCUT2D eigenvalue weighted by molar-refractivity contribution is 5.35. The fraction of sp³-hybridized carbons (Fsp3) is 0.250. The monoisotopic (exact) mass is 262 g/mol. The molecule has 2 aromatic carbocycles. The molecule has 0 heterocycles. The van der Waals surface area contributed by atoms with Gasteiger partial charge in [0.25, 0.3) is 0 Å². The van der Waals surface area contributed by atoms with Crippen LogP contribution in [0.25, 0.3) is 0 Å². The molecular formula is C16H16F2O. The molecule has 0 aliphatic rings. The first-order chi connectivity index (χ1) is 9.00. The molecule has 2 aromatic rings. The van der Waals surface area contributed by atoms with E-state index in [1.54, 1.807) is 0 Å². The van der Waals surface area contributed by atoms with E-state index < -0.39 is 17.7 Å². The predicted molar refractivity (Wildman–Crippen MR) is 70.9 cm³/mol. The minimum absolute atomic E-state index is 0.0634. The third-order valence-corrected chi connectivity index (χ3v) is 3.45. The maximum absolute atomic E-state index is 13.6. The first-order valence-corrected chi connectivity index (χ1v) is 6.17. The second-order valence-electron chi connectivity index (χ2n) is 4.72. The van der Waals surface area contributed by atoms with Crippen molar-refractivity contribution in [2.45, 2.75) is 26.4 Å². The fourth-order valence-corrected chi connectivity index (χ4v) is 2.16. The zero-order valence-electron chi connectivity index (χ0n) is 11.0. The Hall–Kier alpha value is -1.74. The summed E-state index contributed by atoms with van der Waals surface area (Å²) in [6.45, 7) is 3.87. The minimum atomic E-state index is -0.884. The third kappa shape index (κ3) is 2.82. The lowest BCUT2D eigenvalue weighted by Crippen LogP contribution is -2.07. The summed E-state index contributed by atoms with van der Waals surface area (Å²) >= 11 is 0. The number of hydrogen-bond acceptors (Lipinski definition) is 1. The molecule has 0 aromatic heterocycles. The van der Waals surface area contributed by atoms with Gasteiger partial charge in [0.1, 0.15) is 0 Å². The van der Waals surface area contributed by atoms with Gasteiger partial charge in [0.05, 0.1) is 6.10 Å². The molecule has 0 aliphatic heterocycles. The van der Waals surface area contributed by atoms with Gasteiger partial charge < -0.3 is 5.11 Å². The summed E-state index contributed by atoms with van der Waals surface area (Å²) in [5, 5.41) is 10.2. The molecule has 1 unspecified atom stereocenters. The number of hydrogen-bond donors (Lipinski definition) is 1. The van der Waals surface area contributed by atoms with Crippen LogP contribution in [0, 0.1) is 25.5 Å². The molecule has 1 N–H and O–H groups in total. The molecule has 100 valence electrons. The van der Waals surface area contributed by atoms with E-state index in [-0.39, 0.29) is 12.0 Å². The lowest BCUT2D eigenvalue weighted by atomic mass is 9.95. The van der Waals surface area contributed by atoms with Crippen LogP contribution >= 0.6 is 0 Å². The molecule has 0 bridgehead atoms. The fourth-order valence-electron chi connectivity index (χ4n) is 2.16. The number of aliphatic hydroxyl groups excluding tert-OH is 1. The lowest BCUT2D eigenvalue weighted by molar-refractivity contribution is 0.176. The minimum Gasteiger partial charge on any atom is -0.388 e. The number of halogens is 2. The smallest absolute Gasteiger partial charge is 0.162 e. The molecule has 0 amide bonds. The number of rotatable bonds is 3. The van der Waals surface area contributed by atoms with Crippen molar-refractivity contribution in [1.82, 2.24) is 0 Å². The molecule has 0 saturated carbocycles. The highest BCUT2D eigenvalue weighted by Crippen LogP contribution is 2.25. The van der Waals surface area contributed by atoms with Crippen molar-refractivity contribution in [1.29, 1.82) is 0 Å². The quantitative estimate of drug-likeness (QED) is 0.890. The van der Waals surface area contributed by atoms with Gasteiger partial charge in [-0.15, -0.1) is 0 Å². The maximum atomic E-state index is 13.6. The van der Waals surface area contributed by atoms with Crippen molar-refractivity contribution in [2.75, 3.05) is 0 Å². The summed E-state index contributed by atoms with van der Waals surface area (Å²) in [5.74, 6) is -1.77. The van der Waals surface area contributed by atoms with Crippen molar-refractivity contribution >= 4 is 0 Å². The molecule has 1 atom stereocenters. The van der Waals surface area contributed by atoms with Gasteiger partial charge in [-0.3, -0.25) is 0 Å². The molecule has 19 heavy (non-hydrogen) atoms. The normalized spacial score (nSPS) is 12.5. The highest BCUT2D eigenvalue weighted by atomic mass is 19.2. The largest absolute Gasteiger partial charge is 0.388 e. The van der Waals surface area contributed by atoms with E-state index in [4.69, 9.17) is 0 Å². The summed E-state index contributed by atoms with van der Waals surface area (Å²) in [4.78, 5) is 0. The molecule has 3 heteroatoms. The van der Waals surface area contributed by atoms with Crippen molar-refractivity contribution < 1.29 is 13.9 Å². The van der Waals surface area contributed by atoms with Gasteiger partial charge in [-0.2, -0.15) is 0 Å². The van der Waals surface area contributed by atoms with Gasteiger partial charge in [0, 0.05) is 6.42 Å². The summed E-state index contributed by atoms with van der Waals surface area (Å²) in [6.07, 6.45) is -0.773. The predicted octanol–water partition coefficient (Wildman–Crippen LogP) is 3.86. The molecule has 2 rings (SSSR count). The van der Waals surface area contributed by atoms with E-state index in [1.165, 1.54) is 12.1 Å². The van der Waals surface area contributed by atoms with E-state index in [9.17, 15) is 13.9 Å². The topological polar surface area (TPSA) is 20.2 Å². The maximum Gasteiger partial charge on any atom is 0.162 e. The Balaban J connectivity index is 2.28. The Morgan fingerprint density at radius 1 is 1.05 bits per heavy atom. The lowest BCUT2D eigenvalue weighted by Gasteiger charge is -2.15. The van der Waals surface area contributed by atoms with Crippen LogP contribution in [0.5, 0.6) is 0 Å². The Labute approximate surface area is 111 Å². The van der Waals surface area contributed by atoms with E-state index in [0.29, 0.717) is 0 Å². The summed E-state index contributed by atoms with van der Waals surface area (Å²) in [5.41, 5.74) is 2.99. The van der Waals surface area contributed by atoms with Crippen LogP contribution in [-0.2, 0) is 6.42 Å². The standard InChI is InChI=1S/C16H16F2O/c1-10-5-3-7-13(11(10)2)15(19)9-12-6-4-8-14(17)16(12)18/h3-8,15,19H,9H2,1-2H3. The van der Waals surface area contributed by atoms with E-state index in [1.807, 2.05) is 32.0 Å². The second kappa shape index (κ2) is 5.49. The molecular weight excluding hydrogens is 246 g/mol. The SMILES string of the molecule is Cc1cccc(C(O)Cc2cccc(F)c2F)c1C. The molecule has 0 radical (unpaired) electrons. The van der Waals surface area contributed by atoms with Crippen LogP contribution in [0.1, 0.15) is 28.4 Å². The van der Waals surface area contributed by atoms with Gasteiger partial charge in [-0.1, -0.05) is 30.3 Å². The average Bonchev–Trinajstić information content (AvgIpc) is 2.38. The molecule has 0 fully saturated rings. The number of benzene rings is 2. The Morgan fingerprint density at radius 3 is 2.47 bits per heavy atom. The first kappa shape index (κ1) is 13.7. The van der Waals surface area contributed by atoms with Crippen LogP contribution in [0.4, 0.5) is 8.78 Å². The Bertz CT molecular complexity index is 593.